The Morgan fingerprint density at radius 2 is 1.81 bits per heavy atom. The Kier molecular flexibility index (Phi) is 5.94. The fourth-order valence-corrected chi connectivity index (χ4v) is 3.71. The summed E-state index contributed by atoms with van der Waals surface area (Å²) in [6.45, 7) is 2.03. The molecule has 2 heterocycles. The highest BCUT2D eigenvalue weighted by Gasteiger charge is 2.13. The van der Waals surface area contributed by atoms with Crippen LogP contribution in [0, 0.1) is 6.92 Å². The molecule has 0 radical (unpaired) electrons. The van der Waals surface area contributed by atoms with Crippen LogP contribution in [0.1, 0.15) is 15.9 Å². The fraction of sp³-hybridized carbons (Fsp3) is 0.136. The third-order valence-electron chi connectivity index (χ3n) is 4.54. The Hall–Kier alpha value is -3.72. The van der Waals surface area contributed by atoms with Crippen LogP contribution in [0.15, 0.2) is 66.1 Å². The molecular weight excluding hydrogens is 414 g/mol. The van der Waals surface area contributed by atoms with Crippen LogP contribution in [0.25, 0.3) is 16.7 Å². The number of benzene rings is 2. The Morgan fingerprint density at radius 1 is 1.06 bits per heavy atom. The number of hydrogen-bond acceptors (Lipinski definition) is 7. The lowest BCUT2D eigenvalue weighted by Crippen LogP contribution is -2.14. The van der Waals surface area contributed by atoms with E-state index in [1.165, 1.54) is 25.2 Å². The first-order chi connectivity index (χ1) is 15.0. The molecule has 2 aromatic heterocycles. The molecule has 0 bridgehead atoms. The van der Waals surface area contributed by atoms with Gasteiger partial charge in [0, 0.05) is 5.69 Å². The minimum absolute atomic E-state index is 0.167. The Morgan fingerprint density at radius 3 is 2.52 bits per heavy atom. The maximum absolute atomic E-state index is 12.4. The molecule has 31 heavy (non-hydrogen) atoms. The van der Waals surface area contributed by atoms with Crippen molar-refractivity contribution in [3.05, 3.63) is 72.2 Å². The number of rotatable bonds is 6. The molecule has 4 aromatic rings. The third kappa shape index (κ3) is 4.56. The number of ether oxygens (including phenoxy) is 1. The first-order valence-electron chi connectivity index (χ1n) is 9.42. The fourth-order valence-electron chi connectivity index (χ4n) is 2.95. The average Bonchev–Trinajstić information content (AvgIpc) is 3.23. The van der Waals surface area contributed by atoms with Gasteiger partial charge in [-0.05, 0) is 43.3 Å². The number of fused-ring (bicyclic) bond motifs is 1. The number of thioether (sulfide) groups is 1. The zero-order chi connectivity index (χ0) is 21.8. The molecular formula is C22H19N5O3S. The van der Waals surface area contributed by atoms with Crippen LogP contribution in [-0.2, 0) is 9.53 Å². The normalized spacial score (nSPS) is 10.8. The molecule has 0 aliphatic rings. The smallest absolute Gasteiger partial charge is 0.337 e. The van der Waals surface area contributed by atoms with Crippen LogP contribution in [0.5, 0.6) is 0 Å². The minimum atomic E-state index is -0.424. The summed E-state index contributed by atoms with van der Waals surface area (Å²) in [5, 5.41) is 8.71. The van der Waals surface area contributed by atoms with Crippen LogP contribution in [0.2, 0.25) is 0 Å². The number of esters is 1. The molecule has 8 nitrogen and oxygen atoms in total. The number of aryl methyl sites for hydroxylation is 1. The van der Waals surface area contributed by atoms with Gasteiger partial charge in [0.25, 0.3) is 0 Å². The van der Waals surface area contributed by atoms with Gasteiger partial charge in [-0.15, -0.1) is 0 Å². The van der Waals surface area contributed by atoms with E-state index < -0.39 is 5.97 Å². The SMILES string of the molecule is COC(=O)c1ccc(NC(=O)CSc2ncnc3c2cnn3-c2ccc(C)cc2)cc1. The van der Waals surface area contributed by atoms with E-state index in [9.17, 15) is 9.59 Å². The number of methoxy groups -OCH3 is 1. The third-order valence-corrected chi connectivity index (χ3v) is 5.54. The van der Waals surface area contributed by atoms with Crippen LogP contribution in [0.4, 0.5) is 5.69 Å². The number of carbonyl (C=O) groups excluding carboxylic acids is 2. The monoisotopic (exact) mass is 433 g/mol. The summed E-state index contributed by atoms with van der Waals surface area (Å²) in [5.74, 6) is -0.443. The van der Waals surface area contributed by atoms with Gasteiger partial charge in [-0.25, -0.2) is 19.4 Å². The van der Waals surface area contributed by atoms with E-state index in [0.29, 0.717) is 21.9 Å². The summed E-state index contributed by atoms with van der Waals surface area (Å²) in [7, 11) is 1.32. The predicted molar refractivity (Wildman–Crippen MR) is 119 cm³/mol. The van der Waals surface area contributed by atoms with Crippen LogP contribution < -0.4 is 5.32 Å². The molecule has 0 aliphatic heterocycles. The van der Waals surface area contributed by atoms with Crippen molar-refractivity contribution < 1.29 is 14.3 Å². The van der Waals surface area contributed by atoms with Crippen LogP contribution in [0.3, 0.4) is 0 Å². The van der Waals surface area contributed by atoms with Crippen molar-refractivity contribution in [1.29, 1.82) is 0 Å². The number of nitrogens with zero attached hydrogens (tertiary/aromatic N) is 4. The lowest BCUT2D eigenvalue weighted by atomic mass is 10.2. The van der Waals surface area contributed by atoms with Crippen molar-refractivity contribution in [2.45, 2.75) is 11.9 Å². The minimum Gasteiger partial charge on any atom is -0.465 e. The van der Waals surface area contributed by atoms with E-state index >= 15 is 0 Å². The first-order valence-corrected chi connectivity index (χ1v) is 10.4. The maximum atomic E-state index is 12.4. The van der Waals surface area contributed by atoms with Gasteiger partial charge in [-0.1, -0.05) is 29.5 Å². The quantitative estimate of drug-likeness (QED) is 0.282. The second kappa shape index (κ2) is 8.97. The zero-order valence-corrected chi connectivity index (χ0v) is 17.7. The lowest BCUT2D eigenvalue weighted by Gasteiger charge is -2.07. The summed E-state index contributed by atoms with van der Waals surface area (Å²) >= 11 is 1.31. The van der Waals surface area contributed by atoms with Gasteiger partial charge in [0.05, 0.1) is 35.7 Å². The zero-order valence-electron chi connectivity index (χ0n) is 16.9. The number of hydrogen-bond donors (Lipinski definition) is 1. The van der Waals surface area contributed by atoms with Gasteiger partial charge >= 0.3 is 5.97 Å². The van der Waals surface area contributed by atoms with Crippen molar-refractivity contribution in [3.63, 3.8) is 0 Å². The summed E-state index contributed by atoms with van der Waals surface area (Å²) < 4.78 is 6.42. The summed E-state index contributed by atoms with van der Waals surface area (Å²) in [6.07, 6.45) is 3.18. The van der Waals surface area contributed by atoms with Gasteiger partial charge in [0.1, 0.15) is 11.4 Å². The summed E-state index contributed by atoms with van der Waals surface area (Å²) in [6, 6.07) is 14.5. The molecule has 0 unspecified atom stereocenters. The summed E-state index contributed by atoms with van der Waals surface area (Å²) in [5.41, 5.74) is 3.77. The van der Waals surface area contributed by atoms with Crippen LogP contribution in [-0.4, -0.2) is 44.5 Å². The molecule has 1 amide bonds. The van der Waals surface area contributed by atoms with Crippen LogP contribution >= 0.6 is 11.8 Å². The number of carbonyl (C=O) groups is 2. The molecule has 0 saturated heterocycles. The van der Waals surface area contributed by atoms with E-state index in [1.54, 1.807) is 35.1 Å². The number of nitrogens with one attached hydrogen (secondary N) is 1. The standard InChI is InChI=1S/C22H19N5O3S/c1-14-3-9-17(10-4-14)27-20-18(11-25-27)21(24-13-23-20)31-12-19(28)26-16-7-5-15(6-8-16)22(29)30-2/h3-11,13H,12H2,1-2H3,(H,26,28). The van der Waals surface area contributed by atoms with Crippen molar-refractivity contribution in [2.75, 3.05) is 18.2 Å². The number of amides is 1. The second-order valence-corrected chi connectivity index (χ2v) is 7.68. The Balaban J connectivity index is 1.45. The molecule has 2 aromatic carbocycles. The topological polar surface area (TPSA) is 99.0 Å². The second-order valence-electron chi connectivity index (χ2n) is 6.71. The van der Waals surface area contributed by atoms with Gasteiger partial charge in [-0.3, -0.25) is 4.79 Å². The number of aromatic nitrogens is 4. The summed E-state index contributed by atoms with van der Waals surface area (Å²) in [4.78, 5) is 32.5. The van der Waals surface area contributed by atoms with Crippen molar-refractivity contribution in [3.8, 4) is 5.69 Å². The highest BCUT2D eigenvalue weighted by molar-refractivity contribution is 8.00. The van der Waals surface area contributed by atoms with E-state index in [-0.39, 0.29) is 11.7 Å². The largest absolute Gasteiger partial charge is 0.465 e. The van der Waals surface area contributed by atoms with E-state index in [4.69, 9.17) is 0 Å². The van der Waals surface area contributed by atoms with Crippen molar-refractivity contribution in [1.82, 2.24) is 19.7 Å². The highest BCUT2D eigenvalue weighted by atomic mass is 32.2. The maximum Gasteiger partial charge on any atom is 0.337 e. The molecule has 4 rings (SSSR count). The Bertz CT molecular complexity index is 1240. The highest BCUT2D eigenvalue weighted by Crippen LogP contribution is 2.26. The van der Waals surface area contributed by atoms with Gasteiger partial charge in [-0.2, -0.15) is 5.10 Å². The first kappa shape index (κ1) is 20.5. The molecule has 0 fully saturated rings. The molecule has 9 heteroatoms. The molecule has 0 aliphatic carbocycles. The van der Waals surface area contributed by atoms with Crippen molar-refractivity contribution >= 4 is 40.4 Å². The van der Waals surface area contributed by atoms with E-state index in [2.05, 4.69) is 25.1 Å². The molecule has 1 N–H and O–H groups in total. The molecule has 0 saturated carbocycles. The number of anilines is 1. The molecule has 0 spiro atoms. The van der Waals surface area contributed by atoms with Crippen molar-refractivity contribution in [2.24, 2.45) is 0 Å². The van der Waals surface area contributed by atoms with Gasteiger partial charge < -0.3 is 10.1 Å². The average molecular weight is 433 g/mol. The molecule has 156 valence electrons. The van der Waals surface area contributed by atoms with E-state index in [0.717, 1.165) is 16.6 Å². The molecule has 0 atom stereocenters. The Labute approximate surface area is 182 Å². The van der Waals surface area contributed by atoms with Gasteiger partial charge in [0.15, 0.2) is 5.65 Å². The lowest BCUT2D eigenvalue weighted by molar-refractivity contribution is -0.113. The predicted octanol–water partition coefficient (Wildman–Crippen LogP) is 3.64. The van der Waals surface area contributed by atoms with Gasteiger partial charge in [0.2, 0.25) is 5.91 Å². The van der Waals surface area contributed by atoms with E-state index in [1.807, 2.05) is 31.2 Å².